The zero-order chi connectivity index (χ0) is 13.8. The summed E-state index contributed by atoms with van der Waals surface area (Å²) in [6.45, 7) is 6.13. The molecule has 19 heavy (non-hydrogen) atoms. The fourth-order valence-corrected chi connectivity index (χ4v) is 3.30. The third kappa shape index (κ3) is 3.63. The molecule has 1 aliphatic heterocycles. The average Bonchev–Trinajstić information content (AvgIpc) is 2.79. The summed E-state index contributed by atoms with van der Waals surface area (Å²) in [6, 6.07) is 5.93. The Kier molecular flexibility index (Phi) is 5.52. The first-order chi connectivity index (χ1) is 9.13. The molecular formula is C15H21Cl2NO. The molecule has 1 aliphatic rings. The summed E-state index contributed by atoms with van der Waals surface area (Å²) in [6.07, 6.45) is 2.18. The van der Waals surface area contributed by atoms with Crippen LogP contribution in [-0.4, -0.2) is 25.3 Å². The molecule has 1 fully saturated rings. The second-order valence-electron chi connectivity index (χ2n) is 5.17. The van der Waals surface area contributed by atoms with Gasteiger partial charge in [0.15, 0.2) is 0 Å². The van der Waals surface area contributed by atoms with E-state index >= 15 is 0 Å². The highest BCUT2D eigenvalue weighted by Gasteiger charge is 2.32. The smallest absolute Gasteiger partial charge is 0.0757 e. The standard InChI is InChI=1S/C15H21Cl2NO/c1-3-18-14(15-10(2)7-8-19-15)9-11-12(16)5-4-6-13(11)17/h4-6,10,14-15,18H,3,7-9H2,1-2H3. The Bertz CT molecular complexity index is 404. The molecular weight excluding hydrogens is 281 g/mol. The molecule has 1 saturated heterocycles. The maximum Gasteiger partial charge on any atom is 0.0757 e. The van der Waals surface area contributed by atoms with Crippen molar-refractivity contribution in [2.24, 2.45) is 5.92 Å². The Morgan fingerprint density at radius 3 is 2.58 bits per heavy atom. The number of hydrogen-bond acceptors (Lipinski definition) is 2. The molecule has 0 aromatic heterocycles. The molecule has 106 valence electrons. The van der Waals surface area contributed by atoms with Gasteiger partial charge in [0, 0.05) is 22.7 Å². The first-order valence-corrected chi connectivity index (χ1v) is 7.67. The predicted octanol–water partition coefficient (Wildman–Crippen LogP) is 3.94. The van der Waals surface area contributed by atoms with Gasteiger partial charge >= 0.3 is 0 Å². The van der Waals surface area contributed by atoms with E-state index in [-0.39, 0.29) is 12.1 Å². The van der Waals surface area contributed by atoms with E-state index in [4.69, 9.17) is 27.9 Å². The Hall–Kier alpha value is -0.280. The number of nitrogens with one attached hydrogen (secondary N) is 1. The number of ether oxygens (including phenoxy) is 1. The van der Waals surface area contributed by atoms with Gasteiger partial charge in [-0.2, -0.15) is 0 Å². The van der Waals surface area contributed by atoms with Gasteiger partial charge in [-0.1, -0.05) is 43.1 Å². The summed E-state index contributed by atoms with van der Waals surface area (Å²) in [5, 5.41) is 4.99. The van der Waals surface area contributed by atoms with Crippen LogP contribution < -0.4 is 5.32 Å². The van der Waals surface area contributed by atoms with Gasteiger partial charge in [-0.25, -0.2) is 0 Å². The van der Waals surface area contributed by atoms with Crippen molar-refractivity contribution in [3.63, 3.8) is 0 Å². The molecule has 0 amide bonds. The normalized spacial score (nSPS) is 24.6. The summed E-state index contributed by atoms with van der Waals surface area (Å²) < 4.78 is 5.88. The minimum absolute atomic E-state index is 0.243. The Labute approximate surface area is 125 Å². The number of benzene rings is 1. The highest BCUT2D eigenvalue weighted by atomic mass is 35.5. The Balaban J connectivity index is 2.16. The van der Waals surface area contributed by atoms with Gasteiger partial charge in [0.2, 0.25) is 0 Å². The molecule has 3 atom stereocenters. The Morgan fingerprint density at radius 1 is 1.37 bits per heavy atom. The lowest BCUT2D eigenvalue weighted by atomic mass is 9.93. The molecule has 0 aliphatic carbocycles. The van der Waals surface area contributed by atoms with Crippen LogP contribution in [-0.2, 0) is 11.2 Å². The molecule has 0 spiro atoms. The lowest BCUT2D eigenvalue weighted by Crippen LogP contribution is -2.43. The van der Waals surface area contributed by atoms with Gasteiger partial charge in [0.05, 0.1) is 6.10 Å². The maximum absolute atomic E-state index is 6.26. The summed E-state index contributed by atoms with van der Waals surface area (Å²) in [4.78, 5) is 0. The number of likely N-dealkylation sites (N-methyl/N-ethyl adjacent to an activating group) is 1. The topological polar surface area (TPSA) is 21.3 Å². The number of halogens is 2. The number of rotatable bonds is 5. The van der Waals surface area contributed by atoms with Crippen LogP contribution in [0.5, 0.6) is 0 Å². The lowest BCUT2D eigenvalue weighted by Gasteiger charge is -2.27. The zero-order valence-electron chi connectivity index (χ0n) is 11.5. The highest BCUT2D eigenvalue weighted by molar-refractivity contribution is 6.36. The molecule has 2 rings (SSSR count). The second kappa shape index (κ2) is 6.94. The van der Waals surface area contributed by atoms with E-state index in [1.807, 2.05) is 18.2 Å². The monoisotopic (exact) mass is 301 g/mol. The van der Waals surface area contributed by atoms with Gasteiger partial charge in [-0.3, -0.25) is 0 Å². The van der Waals surface area contributed by atoms with Crippen LogP contribution in [0.4, 0.5) is 0 Å². The minimum atomic E-state index is 0.243. The van der Waals surface area contributed by atoms with Crippen LogP contribution in [0.1, 0.15) is 25.8 Å². The molecule has 4 heteroatoms. The van der Waals surface area contributed by atoms with E-state index in [9.17, 15) is 0 Å². The van der Waals surface area contributed by atoms with E-state index in [1.165, 1.54) is 0 Å². The van der Waals surface area contributed by atoms with Crippen molar-refractivity contribution < 1.29 is 4.74 Å². The van der Waals surface area contributed by atoms with Crippen LogP contribution >= 0.6 is 23.2 Å². The fraction of sp³-hybridized carbons (Fsp3) is 0.600. The van der Waals surface area contributed by atoms with E-state index in [0.717, 1.165) is 41.6 Å². The molecule has 1 heterocycles. The van der Waals surface area contributed by atoms with Crippen LogP contribution in [0.25, 0.3) is 0 Å². The Morgan fingerprint density at radius 2 is 2.05 bits per heavy atom. The predicted molar refractivity (Wildman–Crippen MR) is 81.2 cm³/mol. The van der Waals surface area contributed by atoms with Gasteiger partial charge in [-0.05, 0) is 43.0 Å². The molecule has 1 aromatic rings. The van der Waals surface area contributed by atoms with Crippen molar-refractivity contribution in [1.82, 2.24) is 5.32 Å². The summed E-state index contributed by atoms with van der Waals surface area (Å²) in [5.41, 5.74) is 1.01. The zero-order valence-corrected chi connectivity index (χ0v) is 13.0. The van der Waals surface area contributed by atoms with Crippen LogP contribution in [0.15, 0.2) is 18.2 Å². The van der Waals surface area contributed by atoms with Crippen molar-refractivity contribution in [1.29, 1.82) is 0 Å². The first-order valence-electron chi connectivity index (χ1n) is 6.91. The number of hydrogen-bond donors (Lipinski definition) is 1. The van der Waals surface area contributed by atoms with Gasteiger partial charge < -0.3 is 10.1 Å². The maximum atomic E-state index is 6.26. The quantitative estimate of drug-likeness (QED) is 0.889. The van der Waals surface area contributed by atoms with Gasteiger partial charge in [-0.15, -0.1) is 0 Å². The molecule has 2 nitrogen and oxygen atoms in total. The molecule has 1 N–H and O–H groups in total. The van der Waals surface area contributed by atoms with Gasteiger partial charge in [0.25, 0.3) is 0 Å². The van der Waals surface area contributed by atoms with Crippen LogP contribution in [0.3, 0.4) is 0 Å². The average molecular weight is 302 g/mol. The van der Waals surface area contributed by atoms with Crippen molar-refractivity contribution in [2.45, 2.75) is 38.8 Å². The third-order valence-corrected chi connectivity index (χ3v) is 4.50. The molecule has 0 bridgehead atoms. The molecule has 3 unspecified atom stereocenters. The largest absolute Gasteiger partial charge is 0.376 e. The van der Waals surface area contributed by atoms with E-state index in [0.29, 0.717) is 5.92 Å². The van der Waals surface area contributed by atoms with E-state index < -0.39 is 0 Å². The molecule has 1 aromatic carbocycles. The van der Waals surface area contributed by atoms with Crippen LogP contribution in [0.2, 0.25) is 10.0 Å². The lowest BCUT2D eigenvalue weighted by molar-refractivity contribution is 0.0615. The van der Waals surface area contributed by atoms with Crippen molar-refractivity contribution in [3.05, 3.63) is 33.8 Å². The fourth-order valence-electron chi connectivity index (χ4n) is 2.75. The minimum Gasteiger partial charge on any atom is -0.376 e. The second-order valence-corrected chi connectivity index (χ2v) is 5.98. The highest BCUT2D eigenvalue weighted by Crippen LogP contribution is 2.29. The third-order valence-electron chi connectivity index (χ3n) is 3.79. The van der Waals surface area contributed by atoms with E-state index in [2.05, 4.69) is 19.2 Å². The van der Waals surface area contributed by atoms with Crippen molar-refractivity contribution in [2.75, 3.05) is 13.2 Å². The van der Waals surface area contributed by atoms with Crippen molar-refractivity contribution >= 4 is 23.2 Å². The first kappa shape index (κ1) is 15.1. The molecule has 0 saturated carbocycles. The van der Waals surface area contributed by atoms with E-state index in [1.54, 1.807) is 0 Å². The summed E-state index contributed by atoms with van der Waals surface area (Å²) >= 11 is 12.5. The van der Waals surface area contributed by atoms with Crippen LogP contribution in [0, 0.1) is 5.92 Å². The van der Waals surface area contributed by atoms with Gasteiger partial charge in [0.1, 0.15) is 0 Å². The molecule has 0 radical (unpaired) electrons. The SMILES string of the molecule is CCNC(Cc1c(Cl)cccc1Cl)C1OCCC1C. The van der Waals surface area contributed by atoms with Crippen molar-refractivity contribution in [3.8, 4) is 0 Å². The summed E-state index contributed by atoms with van der Waals surface area (Å²) in [5.74, 6) is 0.574. The summed E-state index contributed by atoms with van der Waals surface area (Å²) in [7, 11) is 0.